The van der Waals surface area contributed by atoms with E-state index in [0.717, 1.165) is 6.54 Å². The predicted molar refractivity (Wildman–Crippen MR) is 78.5 cm³/mol. The molecule has 1 unspecified atom stereocenters. The summed E-state index contributed by atoms with van der Waals surface area (Å²) in [6.45, 7) is 5.20. The minimum atomic E-state index is 0.406. The second-order valence-corrected chi connectivity index (χ2v) is 6.05. The van der Waals surface area contributed by atoms with E-state index < -0.39 is 0 Å². The van der Waals surface area contributed by atoms with Crippen LogP contribution in [0, 0.1) is 6.92 Å². The Labute approximate surface area is 115 Å². The van der Waals surface area contributed by atoms with Crippen molar-refractivity contribution in [2.45, 2.75) is 26.4 Å². The standard InChI is InChI=1S/C14H16BrNS/c1-10-5-6-12(13(15)8-10)9-16-11(2)14-4-3-7-17-14/h3-8,11,16H,9H2,1-2H3. The van der Waals surface area contributed by atoms with Crippen LogP contribution in [0.5, 0.6) is 0 Å². The second-order valence-electron chi connectivity index (χ2n) is 4.21. The minimum absolute atomic E-state index is 0.406. The van der Waals surface area contributed by atoms with E-state index >= 15 is 0 Å². The fourth-order valence-corrected chi connectivity index (χ4v) is 3.09. The molecular weight excluding hydrogens is 294 g/mol. The molecule has 0 aliphatic carbocycles. The Bertz CT molecular complexity index is 479. The molecule has 1 atom stereocenters. The second kappa shape index (κ2) is 5.80. The molecule has 1 aromatic carbocycles. The predicted octanol–water partition coefficient (Wildman–Crippen LogP) is 4.67. The van der Waals surface area contributed by atoms with Crippen LogP contribution in [0.2, 0.25) is 0 Å². The molecule has 0 aliphatic heterocycles. The lowest BCUT2D eigenvalue weighted by Crippen LogP contribution is -2.17. The molecule has 2 aromatic rings. The third-order valence-electron chi connectivity index (χ3n) is 2.78. The fourth-order valence-electron chi connectivity index (χ4n) is 1.70. The average molecular weight is 310 g/mol. The zero-order valence-corrected chi connectivity index (χ0v) is 12.4. The van der Waals surface area contributed by atoms with Crippen LogP contribution in [0.3, 0.4) is 0 Å². The highest BCUT2D eigenvalue weighted by molar-refractivity contribution is 9.10. The zero-order valence-electron chi connectivity index (χ0n) is 10.0. The lowest BCUT2D eigenvalue weighted by molar-refractivity contribution is 0.582. The summed E-state index contributed by atoms with van der Waals surface area (Å²) >= 11 is 5.41. The van der Waals surface area contributed by atoms with Gasteiger partial charge in [0.25, 0.3) is 0 Å². The first-order valence-electron chi connectivity index (χ1n) is 5.68. The van der Waals surface area contributed by atoms with E-state index in [1.165, 1.54) is 20.5 Å². The molecule has 0 saturated carbocycles. The van der Waals surface area contributed by atoms with Crippen molar-refractivity contribution in [3.05, 3.63) is 56.2 Å². The fraction of sp³-hybridized carbons (Fsp3) is 0.286. The quantitative estimate of drug-likeness (QED) is 0.865. The van der Waals surface area contributed by atoms with E-state index in [1.54, 1.807) is 11.3 Å². The maximum atomic E-state index is 3.61. The molecule has 17 heavy (non-hydrogen) atoms. The number of halogens is 1. The highest BCUT2D eigenvalue weighted by Crippen LogP contribution is 2.21. The lowest BCUT2D eigenvalue weighted by atomic mass is 10.1. The topological polar surface area (TPSA) is 12.0 Å². The van der Waals surface area contributed by atoms with Gasteiger partial charge in [-0.05, 0) is 42.5 Å². The minimum Gasteiger partial charge on any atom is -0.305 e. The summed E-state index contributed by atoms with van der Waals surface area (Å²) in [5.74, 6) is 0. The Morgan fingerprint density at radius 2 is 2.18 bits per heavy atom. The van der Waals surface area contributed by atoms with Gasteiger partial charge >= 0.3 is 0 Å². The van der Waals surface area contributed by atoms with Gasteiger partial charge in [0.15, 0.2) is 0 Å². The molecule has 0 radical (unpaired) electrons. The first-order chi connectivity index (χ1) is 8.16. The third-order valence-corrected chi connectivity index (χ3v) is 4.57. The maximum absolute atomic E-state index is 3.61. The number of nitrogens with one attached hydrogen (secondary N) is 1. The van der Waals surface area contributed by atoms with Crippen molar-refractivity contribution in [2.75, 3.05) is 0 Å². The van der Waals surface area contributed by atoms with Crippen LogP contribution < -0.4 is 5.32 Å². The van der Waals surface area contributed by atoms with E-state index in [2.05, 4.69) is 70.8 Å². The first-order valence-corrected chi connectivity index (χ1v) is 7.36. The summed E-state index contributed by atoms with van der Waals surface area (Å²) < 4.78 is 1.18. The first kappa shape index (κ1) is 12.8. The third kappa shape index (κ3) is 3.41. The molecular formula is C14H16BrNS. The molecule has 1 aromatic heterocycles. The highest BCUT2D eigenvalue weighted by Gasteiger charge is 2.06. The molecule has 90 valence electrons. The van der Waals surface area contributed by atoms with Gasteiger partial charge in [0.2, 0.25) is 0 Å². The largest absolute Gasteiger partial charge is 0.305 e. The van der Waals surface area contributed by atoms with Gasteiger partial charge < -0.3 is 5.32 Å². The van der Waals surface area contributed by atoms with Crippen LogP contribution >= 0.6 is 27.3 Å². The van der Waals surface area contributed by atoms with E-state index in [-0.39, 0.29) is 0 Å². The summed E-state index contributed by atoms with van der Waals surface area (Å²) in [4.78, 5) is 1.38. The summed E-state index contributed by atoms with van der Waals surface area (Å²) in [6.07, 6.45) is 0. The molecule has 0 aliphatic rings. The normalized spacial score (nSPS) is 12.6. The van der Waals surface area contributed by atoms with Crippen LogP contribution in [0.25, 0.3) is 0 Å². The molecule has 1 N–H and O–H groups in total. The van der Waals surface area contributed by atoms with Gasteiger partial charge in [0.1, 0.15) is 0 Å². The number of hydrogen-bond acceptors (Lipinski definition) is 2. The van der Waals surface area contributed by atoms with Crippen LogP contribution in [-0.4, -0.2) is 0 Å². The van der Waals surface area contributed by atoms with Gasteiger partial charge in [0, 0.05) is 21.9 Å². The number of benzene rings is 1. The Kier molecular flexibility index (Phi) is 4.37. The van der Waals surface area contributed by atoms with Crippen molar-refractivity contribution in [1.82, 2.24) is 5.32 Å². The molecule has 0 saturated heterocycles. The molecule has 1 heterocycles. The number of rotatable bonds is 4. The molecule has 0 fully saturated rings. The van der Waals surface area contributed by atoms with Crippen LogP contribution in [0.1, 0.15) is 29.0 Å². The van der Waals surface area contributed by atoms with Crippen molar-refractivity contribution in [3.8, 4) is 0 Å². The molecule has 2 rings (SSSR count). The van der Waals surface area contributed by atoms with Crippen LogP contribution in [0.15, 0.2) is 40.2 Å². The van der Waals surface area contributed by atoms with Gasteiger partial charge in [-0.15, -0.1) is 11.3 Å². The number of aryl methyl sites for hydroxylation is 1. The maximum Gasteiger partial charge on any atom is 0.0388 e. The summed E-state index contributed by atoms with van der Waals surface area (Å²) in [7, 11) is 0. The Morgan fingerprint density at radius 1 is 1.35 bits per heavy atom. The molecule has 1 nitrogen and oxygen atoms in total. The van der Waals surface area contributed by atoms with Crippen molar-refractivity contribution in [1.29, 1.82) is 0 Å². The van der Waals surface area contributed by atoms with E-state index in [9.17, 15) is 0 Å². The van der Waals surface area contributed by atoms with E-state index in [4.69, 9.17) is 0 Å². The molecule has 0 bridgehead atoms. The van der Waals surface area contributed by atoms with E-state index in [1.807, 2.05) is 0 Å². The molecule has 0 amide bonds. The molecule has 0 spiro atoms. The Morgan fingerprint density at radius 3 is 2.82 bits per heavy atom. The monoisotopic (exact) mass is 309 g/mol. The number of thiophene rings is 1. The van der Waals surface area contributed by atoms with Gasteiger partial charge in [-0.1, -0.05) is 34.1 Å². The van der Waals surface area contributed by atoms with Crippen molar-refractivity contribution in [2.24, 2.45) is 0 Å². The molecule has 3 heteroatoms. The van der Waals surface area contributed by atoms with Gasteiger partial charge in [-0.3, -0.25) is 0 Å². The van der Waals surface area contributed by atoms with Gasteiger partial charge in [-0.2, -0.15) is 0 Å². The lowest BCUT2D eigenvalue weighted by Gasteiger charge is -2.13. The number of hydrogen-bond donors (Lipinski definition) is 1. The van der Waals surface area contributed by atoms with Crippen molar-refractivity contribution >= 4 is 27.3 Å². The SMILES string of the molecule is Cc1ccc(CNC(C)c2cccs2)c(Br)c1. The van der Waals surface area contributed by atoms with Crippen molar-refractivity contribution in [3.63, 3.8) is 0 Å². The zero-order chi connectivity index (χ0) is 12.3. The summed E-state index contributed by atoms with van der Waals surface area (Å²) in [5, 5.41) is 5.66. The Balaban J connectivity index is 1.98. The van der Waals surface area contributed by atoms with Gasteiger partial charge in [-0.25, -0.2) is 0 Å². The average Bonchev–Trinajstić information content (AvgIpc) is 2.81. The van der Waals surface area contributed by atoms with Gasteiger partial charge in [0.05, 0.1) is 0 Å². The summed E-state index contributed by atoms with van der Waals surface area (Å²) in [5.41, 5.74) is 2.59. The summed E-state index contributed by atoms with van der Waals surface area (Å²) in [6, 6.07) is 11.2. The van der Waals surface area contributed by atoms with E-state index in [0.29, 0.717) is 6.04 Å². The smallest absolute Gasteiger partial charge is 0.0388 e. The van der Waals surface area contributed by atoms with Crippen molar-refractivity contribution < 1.29 is 0 Å². The van der Waals surface area contributed by atoms with Crippen LogP contribution in [-0.2, 0) is 6.54 Å². The Hall–Kier alpha value is -0.640. The van der Waals surface area contributed by atoms with Crippen LogP contribution in [0.4, 0.5) is 0 Å². The highest BCUT2D eigenvalue weighted by atomic mass is 79.9.